The molecule has 0 radical (unpaired) electrons. The molecule has 1 aliphatic rings. The van der Waals surface area contributed by atoms with Gasteiger partial charge in [-0.05, 0) is 25.0 Å². The largest absolute Gasteiger partial charge is 0.364 e. The zero-order chi connectivity index (χ0) is 13.9. The lowest BCUT2D eigenvalue weighted by Gasteiger charge is -2.11. The molecule has 3 N–H and O–H groups in total. The molecule has 0 aliphatic carbocycles. The Morgan fingerprint density at radius 3 is 3.05 bits per heavy atom. The number of benzene rings is 1. The third-order valence-corrected chi connectivity index (χ3v) is 4.45. The maximum Gasteiger partial charge on any atom is 0.249 e. The fourth-order valence-electron chi connectivity index (χ4n) is 2.34. The number of carbonyl (C=O) groups is 1. The minimum atomic E-state index is -0.363. The zero-order valence-electron chi connectivity index (χ0n) is 11.0. The van der Waals surface area contributed by atoms with Gasteiger partial charge in [-0.3, -0.25) is 4.79 Å². The second-order valence-corrected chi connectivity index (χ2v) is 5.97. The van der Waals surface area contributed by atoms with Crippen LogP contribution in [0.5, 0.6) is 0 Å². The number of hydrogen-bond acceptors (Lipinski definition) is 5. The van der Waals surface area contributed by atoms with E-state index >= 15 is 0 Å². The Morgan fingerprint density at radius 1 is 1.45 bits per heavy atom. The third kappa shape index (κ3) is 2.82. The van der Waals surface area contributed by atoms with Crippen molar-refractivity contribution in [2.24, 2.45) is 5.73 Å². The first-order valence-corrected chi connectivity index (χ1v) is 7.55. The van der Waals surface area contributed by atoms with E-state index in [0.717, 1.165) is 28.1 Å². The van der Waals surface area contributed by atoms with Crippen LogP contribution in [0, 0.1) is 0 Å². The summed E-state index contributed by atoms with van der Waals surface area (Å²) in [6.45, 7) is 0.924. The van der Waals surface area contributed by atoms with Gasteiger partial charge in [-0.25, -0.2) is 4.98 Å². The van der Waals surface area contributed by atoms with Crippen LogP contribution in [0.3, 0.4) is 0 Å². The highest BCUT2D eigenvalue weighted by Crippen LogP contribution is 2.22. The van der Waals surface area contributed by atoms with Crippen molar-refractivity contribution in [1.82, 2.24) is 10.3 Å². The number of fused-ring (bicyclic) bond motifs is 1. The smallest absolute Gasteiger partial charge is 0.249 e. The number of para-hydroxylation sites is 1. The van der Waals surface area contributed by atoms with Gasteiger partial charge in [0, 0.05) is 6.54 Å². The van der Waals surface area contributed by atoms with E-state index in [2.05, 4.69) is 10.3 Å². The van der Waals surface area contributed by atoms with Crippen LogP contribution in [0.15, 0.2) is 24.3 Å². The quantitative estimate of drug-likeness (QED) is 0.893. The molecule has 1 saturated heterocycles. The average Bonchev–Trinajstić information content (AvgIpc) is 3.10. The van der Waals surface area contributed by atoms with E-state index in [0.29, 0.717) is 13.1 Å². The van der Waals surface area contributed by atoms with Crippen LogP contribution in [-0.2, 0) is 16.1 Å². The molecule has 106 valence electrons. The van der Waals surface area contributed by atoms with Gasteiger partial charge in [0.2, 0.25) is 5.91 Å². The number of ether oxygens (including phenoxy) is 1. The number of aromatic nitrogens is 1. The first-order chi connectivity index (χ1) is 9.76. The van der Waals surface area contributed by atoms with Crippen molar-refractivity contribution in [2.75, 3.05) is 6.54 Å². The molecule has 0 saturated carbocycles. The first kappa shape index (κ1) is 13.5. The maximum absolute atomic E-state index is 12.0. The summed E-state index contributed by atoms with van der Waals surface area (Å²) in [5.74, 6) is -0.0693. The zero-order valence-corrected chi connectivity index (χ0v) is 11.9. The van der Waals surface area contributed by atoms with Gasteiger partial charge in [0.15, 0.2) is 0 Å². The van der Waals surface area contributed by atoms with Crippen molar-refractivity contribution < 1.29 is 9.53 Å². The van der Waals surface area contributed by atoms with Crippen molar-refractivity contribution in [2.45, 2.75) is 31.6 Å². The maximum atomic E-state index is 12.0. The third-order valence-electron chi connectivity index (χ3n) is 3.41. The van der Waals surface area contributed by atoms with E-state index in [9.17, 15) is 4.79 Å². The predicted octanol–water partition coefficient (Wildman–Crippen LogP) is 1.42. The number of nitrogens with one attached hydrogen (secondary N) is 1. The molecule has 1 amide bonds. The molecule has 1 aromatic heterocycles. The van der Waals surface area contributed by atoms with E-state index in [-0.39, 0.29) is 18.1 Å². The number of rotatable bonds is 4. The topological polar surface area (TPSA) is 77.2 Å². The average molecular weight is 291 g/mol. The Labute approximate surface area is 121 Å². The summed E-state index contributed by atoms with van der Waals surface area (Å²) in [6.07, 6.45) is 1.26. The van der Waals surface area contributed by atoms with E-state index in [1.54, 1.807) is 11.3 Å². The minimum absolute atomic E-state index is 0.0215. The monoisotopic (exact) mass is 291 g/mol. The highest BCUT2D eigenvalue weighted by atomic mass is 32.1. The van der Waals surface area contributed by atoms with E-state index in [1.165, 1.54) is 0 Å². The van der Waals surface area contributed by atoms with E-state index in [1.807, 2.05) is 24.3 Å². The number of thiazole rings is 1. The minimum Gasteiger partial charge on any atom is -0.364 e. The molecule has 5 nitrogen and oxygen atoms in total. The van der Waals surface area contributed by atoms with Gasteiger partial charge in [0.05, 0.1) is 22.9 Å². The number of nitrogens with zero attached hydrogens (tertiary/aromatic N) is 1. The van der Waals surface area contributed by atoms with Crippen LogP contribution in [-0.4, -0.2) is 29.6 Å². The van der Waals surface area contributed by atoms with Gasteiger partial charge in [-0.1, -0.05) is 12.1 Å². The standard InChI is InChI=1S/C14H17N3O2S/c15-7-9-5-6-11(19-9)14(18)16-8-13-17-10-3-1-2-4-12(10)20-13/h1-4,9,11H,5-8,15H2,(H,16,18). The summed E-state index contributed by atoms with van der Waals surface area (Å²) >= 11 is 1.60. The highest BCUT2D eigenvalue weighted by Gasteiger charge is 2.29. The lowest BCUT2D eigenvalue weighted by atomic mass is 10.2. The molecule has 2 atom stereocenters. The molecule has 2 aromatic rings. The van der Waals surface area contributed by atoms with Crippen LogP contribution >= 0.6 is 11.3 Å². The lowest BCUT2D eigenvalue weighted by molar-refractivity contribution is -0.132. The molecule has 6 heteroatoms. The van der Waals surface area contributed by atoms with Crippen LogP contribution in [0.2, 0.25) is 0 Å². The Kier molecular flexibility index (Phi) is 3.95. The second-order valence-electron chi connectivity index (χ2n) is 4.85. The molecule has 3 rings (SSSR count). The molecule has 20 heavy (non-hydrogen) atoms. The Balaban J connectivity index is 1.57. The first-order valence-electron chi connectivity index (χ1n) is 6.74. The number of hydrogen-bond donors (Lipinski definition) is 2. The SMILES string of the molecule is NCC1CCC(C(=O)NCc2nc3ccccc3s2)O1. The molecule has 2 unspecified atom stereocenters. The normalized spacial score (nSPS) is 22.2. The van der Waals surface area contributed by atoms with Gasteiger partial charge in [-0.15, -0.1) is 11.3 Å². The predicted molar refractivity (Wildman–Crippen MR) is 78.4 cm³/mol. The van der Waals surface area contributed by atoms with Crippen molar-refractivity contribution >= 4 is 27.5 Å². The summed E-state index contributed by atoms with van der Waals surface area (Å²) in [4.78, 5) is 16.5. The molecule has 1 aliphatic heterocycles. The highest BCUT2D eigenvalue weighted by molar-refractivity contribution is 7.18. The number of carbonyl (C=O) groups excluding carboxylic acids is 1. The molecule has 2 heterocycles. The second kappa shape index (κ2) is 5.87. The van der Waals surface area contributed by atoms with Gasteiger partial charge in [-0.2, -0.15) is 0 Å². The van der Waals surface area contributed by atoms with Gasteiger partial charge in [0.25, 0.3) is 0 Å². The summed E-state index contributed by atoms with van der Waals surface area (Å²) < 4.78 is 6.70. The van der Waals surface area contributed by atoms with Crippen LogP contribution in [0.1, 0.15) is 17.8 Å². The van der Waals surface area contributed by atoms with Crippen molar-refractivity contribution in [3.63, 3.8) is 0 Å². The summed E-state index contributed by atoms with van der Waals surface area (Å²) in [5, 5.41) is 3.80. The van der Waals surface area contributed by atoms with Crippen LogP contribution < -0.4 is 11.1 Å². The fraction of sp³-hybridized carbons (Fsp3) is 0.429. The van der Waals surface area contributed by atoms with Crippen molar-refractivity contribution in [3.8, 4) is 0 Å². The molecule has 0 bridgehead atoms. The van der Waals surface area contributed by atoms with Gasteiger partial charge >= 0.3 is 0 Å². The summed E-state index contributed by atoms with van der Waals surface area (Å²) in [7, 11) is 0. The Hall–Kier alpha value is -1.50. The van der Waals surface area contributed by atoms with Crippen molar-refractivity contribution in [1.29, 1.82) is 0 Å². The number of nitrogens with two attached hydrogens (primary N) is 1. The van der Waals surface area contributed by atoms with Gasteiger partial charge < -0.3 is 15.8 Å². The lowest BCUT2D eigenvalue weighted by Crippen LogP contribution is -2.35. The molecule has 1 aromatic carbocycles. The molecule has 0 spiro atoms. The van der Waals surface area contributed by atoms with Crippen LogP contribution in [0.4, 0.5) is 0 Å². The Morgan fingerprint density at radius 2 is 2.30 bits per heavy atom. The Bertz CT molecular complexity index is 580. The van der Waals surface area contributed by atoms with Crippen LogP contribution in [0.25, 0.3) is 10.2 Å². The molecular weight excluding hydrogens is 274 g/mol. The summed E-state index contributed by atoms with van der Waals surface area (Å²) in [5.41, 5.74) is 6.51. The van der Waals surface area contributed by atoms with Gasteiger partial charge in [0.1, 0.15) is 11.1 Å². The molecule has 1 fully saturated rings. The van der Waals surface area contributed by atoms with E-state index in [4.69, 9.17) is 10.5 Å². The summed E-state index contributed by atoms with van der Waals surface area (Å²) in [6, 6.07) is 7.96. The fourth-order valence-corrected chi connectivity index (χ4v) is 3.25. The molecular formula is C14H17N3O2S. The van der Waals surface area contributed by atoms with Crippen molar-refractivity contribution in [3.05, 3.63) is 29.3 Å². The number of amides is 1. The van der Waals surface area contributed by atoms with E-state index < -0.39 is 0 Å².